The summed E-state index contributed by atoms with van der Waals surface area (Å²) in [5.41, 5.74) is 7.88. The average molecular weight is 195 g/mol. The van der Waals surface area contributed by atoms with Gasteiger partial charge in [0.05, 0.1) is 0 Å². The van der Waals surface area contributed by atoms with E-state index < -0.39 is 0 Å². The van der Waals surface area contributed by atoms with Crippen LogP contribution in [0.25, 0.3) is 0 Å². The van der Waals surface area contributed by atoms with Crippen molar-refractivity contribution in [1.82, 2.24) is 0 Å². The summed E-state index contributed by atoms with van der Waals surface area (Å²) in [6.07, 6.45) is 0. The minimum Gasteiger partial charge on any atom is -0.330 e. The fourth-order valence-corrected chi connectivity index (χ4v) is 1.81. The molecule has 0 aliphatic heterocycles. The fraction of sp³-hybridized carbons (Fsp3) is 0.500. The Morgan fingerprint density at radius 1 is 1.36 bits per heavy atom. The summed E-state index contributed by atoms with van der Waals surface area (Å²) >= 11 is 0. The predicted octanol–water partition coefficient (Wildman–Crippen LogP) is 2.83. The van der Waals surface area contributed by atoms with E-state index in [0.717, 1.165) is 5.56 Å². The highest BCUT2D eigenvalue weighted by Crippen LogP contribution is 2.26. The molecule has 0 heterocycles. The zero-order chi connectivity index (χ0) is 10.7. The molecule has 1 nitrogen and oxygen atoms in total. The highest BCUT2D eigenvalue weighted by Gasteiger charge is 2.15. The van der Waals surface area contributed by atoms with E-state index >= 15 is 0 Å². The lowest BCUT2D eigenvalue weighted by Gasteiger charge is -2.21. The molecule has 1 rings (SSSR count). The van der Waals surface area contributed by atoms with Crippen LogP contribution in [0.3, 0.4) is 0 Å². The van der Waals surface area contributed by atoms with Crippen LogP contribution in [0.2, 0.25) is 0 Å². The molecule has 1 atom stereocenters. The lowest BCUT2D eigenvalue weighted by Crippen LogP contribution is -2.18. The first-order chi connectivity index (χ1) is 6.56. The number of hydrogen-bond donors (Lipinski definition) is 1. The fourth-order valence-electron chi connectivity index (χ4n) is 1.81. The van der Waals surface area contributed by atoms with Crippen molar-refractivity contribution in [2.45, 2.75) is 26.7 Å². The third kappa shape index (κ3) is 2.32. The molecule has 0 aromatic heterocycles. The molecule has 0 aliphatic rings. The van der Waals surface area contributed by atoms with Crippen molar-refractivity contribution in [3.05, 3.63) is 35.1 Å². The molecular weight excluding hydrogens is 177 g/mol. The van der Waals surface area contributed by atoms with Gasteiger partial charge in [-0.1, -0.05) is 19.9 Å². The van der Waals surface area contributed by atoms with Crippen LogP contribution in [-0.2, 0) is 0 Å². The quantitative estimate of drug-likeness (QED) is 0.788. The van der Waals surface area contributed by atoms with Crippen molar-refractivity contribution in [2.24, 2.45) is 11.7 Å². The van der Waals surface area contributed by atoms with Crippen LogP contribution in [0.4, 0.5) is 4.39 Å². The van der Waals surface area contributed by atoms with Crippen molar-refractivity contribution in [3.8, 4) is 0 Å². The first-order valence-corrected chi connectivity index (χ1v) is 5.02. The maximum absolute atomic E-state index is 12.9. The molecule has 2 N–H and O–H groups in total. The lowest BCUT2D eigenvalue weighted by molar-refractivity contribution is 0.503. The standard InChI is InChI=1S/C12H18FN/c1-8(2)12(7-14)11-5-4-10(13)6-9(11)3/h4-6,8,12H,7,14H2,1-3H3. The molecule has 0 bridgehead atoms. The SMILES string of the molecule is Cc1cc(F)ccc1C(CN)C(C)C. The monoisotopic (exact) mass is 195 g/mol. The Kier molecular flexibility index (Phi) is 3.64. The van der Waals surface area contributed by atoms with Crippen LogP contribution in [0.15, 0.2) is 18.2 Å². The van der Waals surface area contributed by atoms with Crippen molar-refractivity contribution in [2.75, 3.05) is 6.54 Å². The van der Waals surface area contributed by atoms with Gasteiger partial charge in [0, 0.05) is 0 Å². The van der Waals surface area contributed by atoms with E-state index in [1.165, 1.54) is 11.6 Å². The van der Waals surface area contributed by atoms with Crippen LogP contribution in [0, 0.1) is 18.7 Å². The van der Waals surface area contributed by atoms with Gasteiger partial charge in [0.1, 0.15) is 5.82 Å². The Balaban J connectivity index is 3.04. The summed E-state index contributed by atoms with van der Waals surface area (Å²) in [4.78, 5) is 0. The summed E-state index contributed by atoms with van der Waals surface area (Å²) in [6.45, 7) is 6.83. The third-order valence-corrected chi connectivity index (χ3v) is 2.69. The lowest BCUT2D eigenvalue weighted by atomic mass is 9.86. The normalized spacial score (nSPS) is 13.3. The molecule has 2 heteroatoms. The minimum atomic E-state index is -0.175. The number of nitrogens with two attached hydrogens (primary N) is 1. The molecule has 0 aliphatic carbocycles. The molecule has 0 spiro atoms. The zero-order valence-corrected chi connectivity index (χ0v) is 9.05. The summed E-state index contributed by atoms with van der Waals surface area (Å²) in [5.74, 6) is 0.644. The molecule has 1 aromatic rings. The van der Waals surface area contributed by atoms with Crippen molar-refractivity contribution < 1.29 is 4.39 Å². The zero-order valence-electron chi connectivity index (χ0n) is 9.05. The molecule has 1 aromatic carbocycles. The second-order valence-electron chi connectivity index (χ2n) is 4.09. The first-order valence-electron chi connectivity index (χ1n) is 5.02. The van der Waals surface area contributed by atoms with Gasteiger partial charge in [0.2, 0.25) is 0 Å². The predicted molar refractivity (Wildman–Crippen MR) is 57.8 cm³/mol. The molecule has 14 heavy (non-hydrogen) atoms. The van der Waals surface area contributed by atoms with E-state index in [2.05, 4.69) is 13.8 Å². The van der Waals surface area contributed by atoms with E-state index in [0.29, 0.717) is 18.4 Å². The van der Waals surface area contributed by atoms with Gasteiger partial charge in [0.25, 0.3) is 0 Å². The average Bonchev–Trinajstić information content (AvgIpc) is 2.09. The molecule has 0 fully saturated rings. The second-order valence-corrected chi connectivity index (χ2v) is 4.09. The molecule has 0 saturated carbocycles. The van der Waals surface area contributed by atoms with E-state index in [9.17, 15) is 4.39 Å². The van der Waals surface area contributed by atoms with Crippen LogP contribution >= 0.6 is 0 Å². The Bertz CT molecular complexity index is 307. The van der Waals surface area contributed by atoms with Crippen molar-refractivity contribution >= 4 is 0 Å². The summed E-state index contributed by atoms with van der Waals surface area (Å²) < 4.78 is 12.9. The number of benzene rings is 1. The van der Waals surface area contributed by atoms with Crippen LogP contribution in [0.5, 0.6) is 0 Å². The van der Waals surface area contributed by atoms with Crippen LogP contribution < -0.4 is 5.73 Å². The van der Waals surface area contributed by atoms with Crippen LogP contribution in [0.1, 0.15) is 30.9 Å². The smallest absolute Gasteiger partial charge is 0.123 e. The summed E-state index contributed by atoms with van der Waals surface area (Å²) in [7, 11) is 0. The minimum absolute atomic E-state index is 0.175. The van der Waals surface area contributed by atoms with Crippen LogP contribution in [-0.4, -0.2) is 6.54 Å². The van der Waals surface area contributed by atoms with E-state index in [-0.39, 0.29) is 5.82 Å². The first kappa shape index (κ1) is 11.2. The molecule has 78 valence electrons. The number of halogens is 1. The number of rotatable bonds is 3. The maximum Gasteiger partial charge on any atom is 0.123 e. The van der Waals surface area contributed by atoms with Gasteiger partial charge in [0.15, 0.2) is 0 Å². The third-order valence-electron chi connectivity index (χ3n) is 2.69. The van der Waals surface area contributed by atoms with Crippen molar-refractivity contribution in [1.29, 1.82) is 0 Å². The van der Waals surface area contributed by atoms with Crippen molar-refractivity contribution in [3.63, 3.8) is 0 Å². The molecule has 0 amide bonds. The summed E-state index contributed by atoms with van der Waals surface area (Å²) in [5, 5.41) is 0. The van der Waals surface area contributed by atoms with Gasteiger partial charge in [-0.2, -0.15) is 0 Å². The molecule has 1 unspecified atom stereocenters. The largest absolute Gasteiger partial charge is 0.330 e. The van der Waals surface area contributed by atoms with Gasteiger partial charge < -0.3 is 5.73 Å². The summed E-state index contributed by atoms with van der Waals surface area (Å²) in [6, 6.07) is 4.93. The van der Waals surface area contributed by atoms with Gasteiger partial charge in [-0.3, -0.25) is 0 Å². The number of hydrogen-bond acceptors (Lipinski definition) is 1. The number of aryl methyl sites for hydroxylation is 1. The highest BCUT2D eigenvalue weighted by molar-refractivity contribution is 5.30. The van der Waals surface area contributed by atoms with E-state index in [4.69, 9.17) is 5.73 Å². The maximum atomic E-state index is 12.9. The van der Waals surface area contributed by atoms with Gasteiger partial charge in [-0.15, -0.1) is 0 Å². The Labute approximate surface area is 85.1 Å². The molecule has 0 radical (unpaired) electrons. The van der Waals surface area contributed by atoms with E-state index in [1.54, 1.807) is 6.07 Å². The van der Waals surface area contributed by atoms with Gasteiger partial charge in [-0.05, 0) is 48.6 Å². The Morgan fingerprint density at radius 2 is 2.00 bits per heavy atom. The Morgan fingerprint density at radius 3 is 2.43 bits per heavy atom. The Hall–Kier alpha value is -0.890. The second kappa shape index (κ2) is 4.56. The van der Waals surface area contributed by atoms with E-state index in [1.807, 2.05) is 13.0 Å². The molecule has 0 saturated heterocycles. The van der Waals surface area contributed by atoms with Gasteiger partial charge >= 0.3 is 0 Å². The topological polar surface area (TPSA) is 26.0 Å². The highest BCUT2D eigenvalue weighted by atomic mass is 19.1. The molecular formula is C12H18FN. The van der Waals surface area contributed by atoms with Gasteiger partial charge in [-0.25, -0.2) is 4.39 Å².